The van der Waals surface area contributed by atoms with Crippen molar-refractivity contribution in [1.82, 2.24) is 0 Å². The number of rotatable bonds is 0. The fraction of sp³-hybridized carbons (Fsp3) is 0. The Bertz CT molecular complexity index is 573. The molecule has 0 saturated carbocycles. The molecule has 0 spiro atoms. The average molecular weight is 272 g/mol. The summed E-state index contributed by atoms with van der Waals surface area (Å²) in [6, 6.07) is 14.6. The Balaban J connectivity index is 2.17. The first-order valence-corrected chi connectivity index (χ1v) is 5.96. The van der Waals surface area contributed by atoms with Gasteiger partial charge in [-0.2, -0.15) is 0 Å². The van der Waals surface area contributed by atoms with E-state index in [1.54, 1.807) is 0 Å². The molecule has 2 aromatic carbocycles. The minimum atomic E-state index is 1.10. The summed E-state index contributed by atoms with van der Waals surface area (Å²) in [5.74, 6) is 0. The maximum Gasteiger partial charge on any atom is 0.0458 e. The fourth-order valence-corrected chi connectivity index (χ4v) is 2.24. The van der Waals surface area contributed by atoms with Crippen molar-refractivity contribution in [2.45, 2.75) is 0 Å². The third kappa shape index (κ3) is 1.65. The highest BCUT2D eigenvalue weighted by atomic mass is 79.9. The van der Waals surface area contributed by atoms with Gasteiger partial charge in [-0.25, -0.2) is 0 Å². The number of hydrogen-bond donors (Lipinski definition) is 1. The third-order valence-electron chi connectivity index (χ3n) is 2.69. The summed E-state index contributed by atoms with van der Waals surface area (Å²) < 4.78 is 1.10. The molecule has 0 bridgehead atoms. The number of fused-ring (bicyclic) bond motifs is 2. The lowest BCUT2D eigenvalue weighted by atomic mass is 10.1. The maximum atomic E-state index is 3.49. The molecule has 1 nitrogen and oxygen atoms in total. The Morgan fingerprint density at radius 1 is 0.812 bits per heavy atom. The second kappa shape index (κ2) is 3.80. The van der Waals surface area contributed by atoms with Gasteiger partial charge in [-0.3, -0.25) is 0 Å². The second-order valence-corrected chi connectivity index (χ2v) is 4.69. The average Bonchev–Trinajstić information content (AvgIpc) is 2.48. The first-order valence-electron chi connectivity index (χ1n) is 5.17. The predicted molar refractivity (Wildman–Crippen MR) is 72.8 cm³/mol. The molecule has 2 heteroatoms. The highest BCUT2D eigenvalue weighted by Crippen LogP contribution is 2.31. The second-order valence-electron chi connectivity index (χ2n) is 3.78. The molecule has 0 amide bonds. The Labute approximate surface area is 103 Å². The molecule has 3 rings (SSSR count). The summed E-state index contributed by atoms with van der Waals surface area (Å²) in [4.78, 5) is 0. The van der Waals surface area contributed by atoms with E-state index >= 15 is 0 Å². The smallest absolute Gasteiger partial charge is 0.0458 e. The van der Waals surface area contributed by atoms with Crippen molar-refractivity contribution in [1.29, 1.82) is 0 Å². The van der Waals surface area contributed by atoms with Gasteiger partial charge in [-0.1, -0.05) is 46.3 Å². The quantitative estimate of drug-likeness (QED) is 0.626. The van der Waals surface area contributed by atoms with Gasteiger partial charge in [0.1, 0.15) is 0 Å². The molecule has 1 N–H and O–H groups in total. The van der Waals surface area contributed by atoms with Crippen molar-refractivity contribution >= 4 is 39.5 Å². The number of nitrogens with one attached hydrogen (secondary N) is 1. The molecule has 0 fully saturated rings. The summed E-state index contributed by atoms with van der Waals surface area (Å²) in [6.45, 7) is 0. The van der Waals surface area contributed by atoms with Crippen LogP contribution in [0.1, 0.15) is 11.1 Å². The molecule has 0 unspecified atom stereocenters. The van der Waals surface area contributed by atoms with Crippen molar-refractivity contribution < 1.29 is 0 Å². The number of anilines is 2. The summed E-state index contributed by atoms with van der Waals surface area (Å²) in [7, 11) is 0. The molecule has 0 aromatic heterocycles. The van der Waals surface area contributed by atoms with Gasteiger partial charge in [0.05, 0.1) is 0 Å². The van der Waals surface area contributed by atoms with Crippen LogP contribution in [-0.4, -0.2) is 0 Å². The van der Waals surface area contributed by atoms with Gasteiger partial charge in [-0.05, 0) is 35.4 Å². The molecule has 16 heavy (non-hydrogen) atoms. The molecule has 1 heterocycles. The Hall–Kier alpha value is -1.54. The fourth-order valence-electron chi connectivity index (χ4n) is 1.87. The van der Waals surface area contributed by atoms with Crippen LogP contribution in [0.4, 0.5) is 11.4 Å². The molecule has 1 aliphatic heterocycles. The Morgan fingerprint density at radius 2 is 1.56 bits per heavy atom. The Kier molecular flexibility index (Phi) is 2.29. The van der Waals surface area contributed by atoms with Gasteiger partial charge in [-0.15, -0.1) is 0 Å². The molecule has 0 atom stereocenters. The van der Waals surface area contributed by atoms with Gasteiger partial charge in [0.2, 0.25) is 0 Å². The minimum absolute atomic E-state index is 1.10. The Morgan fingerprint density at radius 3 is 2.50 bits per heavy atom. The maximum absolute atomic E-state index is 3.49. The van der Waals surface area contributed by atoms with E-state index in [0.29, 0.717) is 0 Å². The van der Waals surface area contributed by atoms with Crippen LogP contribution < -0.4 is 5.32 Å². The van der Waals surface area contributed by atoms with Crippen molar-refractivity contribution in [2.24, 2.45) is 0 Å². The number of halogens is 1. The van der Waals surface area contributed by atoms with Crippen molar-refractivity contribution in [3.63, 3.8) is 0 Å². The molecule has 78 valence electrons. The molecular formula is C14H10BrN. The van der Waals surface area contributed by atoms with Crippen LogP contribution in [0, 0.1) is 0 Å². The molecule has 1 aliphatic rings. The van der Waals surface area contributed by atoms with E-state index in [-0.39, 0.29) is 0 Å². The zero-order chi connectivity index (χ0) is 11.0. The number of benzene rings is 2. The van der Waals surface area contributed by atoms with Gasteiger partial charge >= 0.3 is 0 Å². The first-order chi connectivity index (χ1) is 7.83. The van der Waals surface area contributed by atoms with Crippen molar-refractivity contribution in [3.05, 3.63) is 58.1 Å². The normalized spacial score (nSPS) is 12.3. The molecule has 0 aliphatic carbocycles. The van der Waals surface area contributed by atoms with Crippen LogP contribution in [0.5, 0.6) is 0 Å². The van der Waals surface area contributed by atoms with E-state index in [2.05, 4.69) is 63.7 Å². The number of hydrogen-bond acceptors (Lipinski definition) is 1. The standard InChI is InChI=1S/C14H10BrN/c15-12-7-8-14-11(9-12)6-5-10-3-1-2-4-13(10)16-14/h1-9,16H. The van der Waals surface area contributed by atoms with Gasteiger partial charge in [0, 0.05) is 15.8 Å². The predicted octanol–water partition coefficient (Wildman–Crippen LogP) is 4.68. The molecular weight excluding hydrogens is 262 g/mol. The van der Waals surface area contributed by atoms with Gasteiger partial charge in [0.15, 0.2) is 0 Å². The lowest BCUT2D eigenvalue weighted by Crippen LogP contribution is -1.92. The molecule has 0 radical (unpaired) electrons. The molecule has 0 saturated heterocycles. The van der Waals surface area contributed by atoms with Crippen molar-refractivity contribution in [2.75, 3.05) is 5.32 Å². The summed E-state index contributed by atoms with van der Waals surface area (Å²) >= 11 is 3.49. The first kappa shape index (κ1) is 9.67. The monoisotopic (exact) mass is 271 g/mol. The summed E-state index contributed by atoms with van der Waals surface area (Å²) in [5, 5.41) is 3.45. The zero-order valence-electron chi connectivity index (χ0n) is 8.57. The van der Waals surface area contributed by atoms with E-state index in [9.17, 15) is 0 Å². The van der Waals surface area contributed by atoms with Crippen LogP contribution >= 0.6 is 15.9 Å². The van der Waals surface area contributed by atoms with Gasteiger partial charge in [0.25, 0.3) is 0 Å². The lowest BCUT2D eigenvalue weighted by Gasteiger charge is -2.09. The van der Waals surface area contributed by atoms with Crippen molar-refractivity contribution in [3.8, 4) is 0 Å². The van der Waals surface area contributed by atoms with E-state index in [0.717, 1.165) is 15.8 Å². The lowest BCUT2D eigenvalue weighted by molar-refractivity contribution is 1.52. The molecule has 2 aromatic rings. The zero-order valence-corrected chi connectivity index (χ0v) is 10.2. The van der Waals surface area contributed by atoms with E-state index in [4.69, 9.17) is 0 Å². The highest BCUT2D eigenvalue weighted by molar-refractivity contribution is 9.10. The van der Waals surface area contributed by atoms with Crippen LogP contribution in [0.3, 0.4) is 0 Å². The van der Waals surface area contributed by atoms with E-state index < -0.39 is 0 Å². The summed E-state index contributed by atoms with van der Waals surface area (Å²) in [6.07, 6.45) is 4.28. The van der Waals surface area contributed by atoms with Crippen LogP contribution in [0.25, 0.3) is 12.2 Å². The SMILES string of the molecule is Brc1ccc2c(c1)C=Cc1ccccc1N2. The third-order valence-corrected chi connectivity index (χ3v) is 3.18. The topological polar surface area (TPSA) is 12.0 Å². The van der Waals surface area contributed by atoms with Crippen LogP contribution in [0.2, 0.25) is 0 Å². The van der Waals surface area contributed by atoms with E-state index in [1.807, 2.05) is 12.1 Å². The number of para-hydroxylation sites is 1. The highest BCUT2D eigenvalue weighted by Gasteiger charge is 2.07. The van der Waals surface area contributed by atoms with E-state index in [1.165, 1.54) is 11.1 Å². The minimum Gasteiger partial charge on any atom is -0.355 e. The summed E-state index contributed by atoms with van der Waals surface area (Å²) in [5.41, 5.74) is 4.71. The van der Waals surface area contributed by atoms with Crippen LogP contribution in [-0.2, 0) is 0 Å². The van der Waals surface area contributed by atoms with Gasteiger partial charge < -0.3 is 5.32 Å². The largest absolute Gasteiger partial charge is 0.355 e. The van der Waals surface area contributed by atoms with Crippen LogP contribution in [0.15, 0.2) is 46.9 Å².